The molecule has 2 amide bonds. The van der Waals surface area contributed by atoms with E-state index in [1.165, 1.54) is 18.4 Å². The van der Waals surface area contributed by atoms with Gasteiger partial charge in [-0.05, 0) is 25.2 Å². The van der Waals surface area contributed by atoms with E-state index in [2.05, 4.69) is 20.3 Å². The Bertz CT molecular complexity index is 709. The van der Waals surface area contributed by atoms with Gasteiger partial charge in [0.15, 0.2) is 0 Å². The summed E-state index contributed by atoms with van der Waals surface area (Å²) in [7, 11) is 1.35. The Balaban J connectivity index is 1.53. The number of methoxy groups -OCH3 is 1. The van der Waals surface area contributed by atoms with Crippen molar-refractivity contribution in [2.24, 2.45) is 11.3 Å². The lowest BCUT2D eigenvalue weighted by Gasteiger charge is -2.23. The van der Waals surface area contributed by atoms with Crippen LogP contribution >= 0.6 is 11.3 Å². The summed E-state index contributed by atoms with van der Waals surface area (Å²) in [5, 5.41) is 21.4. The third kappa shape index (κ3) is 3.64. The van der Waals surface area contributed by atoms with Crippen LogP contribution in [-0.2, 0) is 20.7 Å². The average molecular weight is 382 g/mol. The van der Waals surface area contributed by atoms with Crippen molar-refractivity contribution in [2.75, 3.05) is 25.5 Å². The summed E-state index contributed by atoms with van der Waals surface area (Å²) in [6, 6.07) is -0.336. The Kier molecular flexibility index (Phi) is 5.40. The second-order valence-corrected chi connectivity index (χ2v) is 7.85. The number of amides is 2. The number of nitrogens with zero attached hydrogens (tertiary/aromatic N) is 3. The van der Waals surface area contributed by atoms with Crippen molar-refractivity contribution in [1.29, 1.82) is 0 Å². The van der Waals surface area contributed by atoms with Crippen LogP contribution in [0.2, 0.25) is 0 Å². The second-order valence-electron chi connectivity index (χ2n) is 6.79. The van der Waals surface area contributed by atoms with E-state index in [-0.39, 0.29) is 24.5 Å². The van der Waals surface area contributed by atoms with Gasteiger partial charge < -0.3 is 14.7 Å². The van der Waals surface area contributed by atoms with Crippen molar-refractivity contribution in [3.63, 3.8) is 0 Å². The van der Waals surface area contributed by atoms with Gasteiger partial charge in [-0.1, -0.05) is 17.8 Å². The van der Waals surface area contributed by atoms with Crippen LogP contribution < -0.4 is 5.32 Å². The van der Waals surface area contributed by atoms with Gasteiger partial charge in [-0.25, -0.2) is 4.79 Å². The number of carboxylic acid groups (broad SMARTS) is 1. The highest BCUT2D eigenvalue weighted by molar-refractivity contribution is 7.15. The molecular formula is C16H22N4O5S. The van der Waals surface area contributed by atoms with Gasteiger partial charge in [0.2, 0.25) is 5.13 Å². The predicted molar refractivity (Wildman–Crippen MR) is 92.9 cm³/mol. The zero-order valence-corrected chi connectivity index (χ0v) is 15.4. The highest BCUT2D eigenvalue weighted by Crippen LogP contribution is 2.48. The summed E-state index contributed by atoms with van der Waals surface area (Å²) in [5.41, 5.74) is -0.794. The Morgan fingerprint density at radius 3 is 2.92 bits per heavy atom. The van der Waals surface area contributed by atoms with Gasteiger partial charge in [0.1, 0.15) is 5.01 Å². The van der Waals surface area contributed by atoms with Gasteiger partial charge in [0, 0.05) is 25.9 Å². The molecule has 2 aliphatic rings. The van der Waals surface area contributed by atoms with E-state index in [0.717, 1.165) is 17.8 Å². The molecule has 1 aliphatic heterocycles. The van der Waals surface area contributed by atoms with Crippen molar-refractivity contribution >= 4 is 34.4 Å². The number of carbonyl (C=O) groups excluding carboxylic acids is 2. The molecule has 2 fully saturated rings. The maximum absolute atomic E-state index is 12.5. The lowest BCUT2D eigenvalue weighted by molar-refractivity contribution is -0.149. The van der Waals surface area contributed by atoms with Gasteiger partial charge in [-0.15, -0.1) is 10.2 Å². The summed E-state index contributed by atoms with van der Waals surface area (Å²) in [6.07, 6.45) is 3.86. The first-order chi connectivity index (χ1) is 12.4. The molecule has 1 saturated heterocycles. The lowest BCUT2D eigenvalue weighted by atomic mass is 9.81. The van der Waals surface area contributed by atoms with Gasteiger partial charge in [0.25, 0.3) is 0 Å². The van der Waals surface area contributed by atoms with Crippen LogP contribution in [0.5, 0.6) is 0 Å². The fraction of sp³-hybridized carbons (Fsp3) is 0.688. The summed E-state index contributed by atoms with van der Waals surface area (Å²) in [4.78, 5) is 36.8. The number of fused-ring (bicyclic) bond motifs is 1. The molecule has 26 heavy (non-hydrogen) atoms. The number of carboxylic acids is 1. The van der Waals surface area contributed by atoms with Gasteiger partial charge in [0.05, 0.1) is 12.5 Å². The number of urea groups is 1. The van der Waals surface area contributed by atoms with Crippen LogP contribution in [0.15, 0.2) is 0 Å². The monoisotopic (exact) mass is 382 g/mol. The first kappa shape index (κ1) is 18.6. The Labute approximate surface area is 154 Å². The van der Waals surface area contributed by atoms with Crippen molar-refractivity contribution < 1.29 is 24.2 Å². The fourth-order valence-electron chi connectivity index (χ4n) is 3.86. The Morgan fingerprint density at radius 1 is 1.42 bits per heavy atom. The van der Waals surface area contributed by atoms with E-state index in [1.54, 1.807) is 4.90 Å². The predicted octanol–water partition coefficient (Wildman–Crippen LogP) is 1.75. The number of anilines is 1. The molecule has 1 saturated carbocycles. The molecule has 2 heterocycles. The molecule has 10 heteroatoms. The molecule has 9 nitrogen and oxygen atoms in total. The minimum Gasteiger partial charge on any atom is -0.481 e. The molecule has 0 radical (unpaired) electrons. The van der Waals surface area contributed by atoms with Crippen molar-refractivity contribution in [3.8, 4) is 0 Å². The number of hydrogen-bond acceptors (Lipinski definition) is 7. The smallest absolute Gasteiger partial charge is 0.323 e. The third-order valence-electron chi connectivity index (χ3n) is 5.26. The van der Waals surface area contributed by atoms with E-state index in [1.807, 2.05) is 0 Å². The molecule has 0 spiro atoms. The molecule has 142 valence electrons. The van der Waals surface area contributed by atoms with Gasteiger partial charge in [-0.3, -0.25) is 14.9 Å². The number of aliphatic carboxylic acids is 1. The maximum Gasteiger partial charge on any atom is 0.323 e. The number of likely N-dealkylation sites (tertiary alicyclic amines) is 1. The summed E-state index contributed by atoms with van der Waals surface area (Å²) in [5.74, 6) is -1.05. The first-order valence-electron chi connectivity index (χ1n) is 8.63. The zero-order valence-electron chi connectivity index (χ0n) is 14.6. The minimum atomic E-state index is -0.806. The van der Waals surface area contributed by atoms with Gasteiger partial charge in [-0.2, -0.15) is 0 Å². The minimum absolute atomic E-state index is 0.0223. The van der Waals surface area contributed by atoms with E-state index in [0.29, 0.717) is 37.4 Å². The maximum atomic E-state index is 12.5. The molecule has 1 aromatic heterocycles. The highest BCUT2D eigenvalue weighted by atomic mass is 32.1. The van der Waals surface area contributed by atoms with Crippen molar-refractivity contribution in [3.05, 3.63) is 5.01 Å². The molecule has 2 N–H and O–H groups in total. The summed E-state index contributed by atoms with van der Waals surface area (Å²) >= 11 is 1.26. The number of carbonyl (C=O) groups is 3. The van der Waals surface area contributed by atoms with Gasteiger partial charge >= 0.3 is 18.0 Å². The molecule has 2 atom stereocenters. The van der Waals surface area contributed by atoms with Crippen LogP contribution in [0.25, 0.3) is 0 Å². The standard InChI is InChI=1S/C16H22N4O5S/c1-25-12(21)6-2-5-11-18-19-14(26-11)17-15(24)20-8-10-4-3-7-16(10,9-20)13(22)23/h10H,2-9H2,1H3,(H,22,23)(H,17,19,24)/t10-,16+/m0/s1. The van der Waals surface area contributed by atoms with E-state index in [9.17, 15) is 19.5 Å². The Hall–Kier alpha value is -2.23. The van der Waals surface area contributed by atoms with Crippen molar-refractivity contribution in [2.45, 2.75) is 38.5 Å². The molecule has 0 aromatic carbocycles. The number of nitrogens with one attached hydrogen (secondary N) is 1. The normalized spacial score (nSPS) is 24.3. The van der Waals surface area contributed by atoms with Crippen LogP contribution in [0, 0.1) is 11.3 Å². The molecule has 1 aliphatic carbocycles. The number of hydrogen-bond donors (Lipinski definition) is 2. The highest BCUT2D eigenvalue weighted by Gasteiger charge is 2.55. The van der Waals surface area contributed by atoms with E-state index >= 15 is 0 Å². The number of esters is 1. The topological polar surface area (TPSA) is 122 Å². The summed E-state index contributed by atoms with van der Waals surface area (Å²) in [6.45, 7) is 0.701. The second kappa shape index (κ2) is 7.56. The van der Waals surface area contributed by atoms with Crippen LogP contribution in [0.1, 0.15) is 37.1 Å². The van der Waals surface area contributed by atoms with E-state index in [4.69, 9.17) is 0 Å². The largest absolute Gasteiger partial charge is 0.481 e. The SMILES string of the molecule is COC(=O)CCCc1nnc(NC(=O)N2C[C@@H]3CCC[C@@]3(C(=O)O)C2)s1. The third-order valence-corrected chi connectivity index (χ3v) is 6.16. The van der Waals surface area contributed by atoms with Crippen molar-refractivity contribution in [1.82, 2.24) is 15.1 Å². The fourth-order valence-corrected chi connectivity index (χ4v) is 4.63. The number of ether oxygens (including phenoxy) is 1. The molecular weight excluding hydrogens is 360 g/mol. The van der Waals surface area contributed by atoms with Crippen LogP contribution in [-0.4, -0.2) is 58.4 Å². The molecule has 1 aromatic rings. The average Bonchev–Trinajstić information content (AvgIpc) is 3.28. The number of rotatable bonds is 6. The molecule has 0 bridgehead atoms. The lowest BCUT2D eigenvalue weighted by Crippen LogP contribution is -2.38. The molecule has 0 unspecified atom stereocenters. The number of aromatic nitrogens is 2. The van der Waals surface area contributed by atoms with E-state index < -0.39 is 11.4 Å². The summed E-state index contributed by atoms with van der Waals surface area (Å²) < 4.78 is 4.58. The molecule has 3 rings (SSSR count). The zero-order chi connectivity index (χ0) is 18.7. The quantitative estimate of drug-likeness (QED) is 0.719. The van der Waals surface area contributed by atoms with Crippen LogP contribution in [0.4, 0.5) is 9.93 Å². The Morgan fingerprint density at radius 2 is 2.23 bits per heavy atom. The van der Waals surface area contributed by atoms with Crippen LogP contribution in [0.3, 0.4) is 0 Å². The number of aryl methyl sites for hydroxylation is 1. The first-order valence-corrected chi connectivity index (χ1v) is 9.45.